The van der Waals surface area contributed by atoms with Gasteiger partial charge < -0.3 is 10.0 Å². The predicted molar refractivity (Wildman–Crippen MR) is 61.0 cm³/mol. The molecular weight excluding hydrogens is 188 g/mol. The van der Waals surface area contributed by atoms with E-state index < -0.39 is 0 Å². The van der Waals surface area contributed by atoms with E-state index in [9.17, 15) is 5.11 Å². The van der Waals surface area contributed by atoms with Crippen LogP contribution in [0.25, 0.3) is 0 Å². The van der Waals surface area contributed by atoms with Crippen molar-refractivity contribution in [2.75, 3.05) is 18.0 Å². The molecule has 1 aliphatic heterocycles. The first-order valence-electron chi connectivity index (χ1n) is 5.52. The van der Waals surface area contributed by atoms with Crippen LogP contribution in [0.2, 0.25) is 0 Å². The van der Waals surface area contributed by atoms with Crippen molar-refractivity contribution in [3.8, 4) is 0 Å². The molecule has 82 valence electrons. The molecule has 3 heteroatoms. The summed E-state index contributed by atoms with van der Waals surface area (Å²) in [5.41, 5.74) is 2.27. The second-order valence-corrected chi connectivity index (χ2v) is 4.43. The van der Waals surface area contributed by atoms with E-state index in [0.29, 0.717) is 5.92 Å². The maximum absolute atomic E-state index is 9.66. The fraction of sp³-hybridized carbons (Fsp3) is 0.583. The number of aromatic nitrogens is 1. The summed E-state index contributed by atoms with van der Waals surface area (Å²) in [6.45, 7) is 5.98. The Morgan fingerprint density at radius 3 is 3.00 bits per heavy atom. The Morgan fingerprint density at radius 1 is 1.53 bits per heavy atom. The van der Waals surface area contributed by atoms with Crippen molar-refractivity contribution in [3.63, 3.8) is 0 Å². The predicted octanol–water partition coefficient (Wildman–Crippen LogP) is 1.60. The summed E-state index contributed by atoms with van der Waals surface area (Å²) in [7, 11) is 0. The van der Waals surface area contributed by atoms with Crippen molar-refractivity contribution in [2.45, 2.75) is 26.4 Å². The van der Waals surface area contributed by atoms with Crippen LogP contribution in [0.1, 0.15) is 19.0 Å². The molecule has 1 fully saturated rings. The summed E-state index contributed by atoms with van der Waals surface area (Å²) in [5.74, 6) is 0.354. The zero-order chi connectivity index (χ0) is 10.8. The van der Waals surface area contributed by atoms with Crippen molar-refractivity contribution in [1.82, 2.24) is 4.98 Å². The molecule has 0 radical (unpaired) electrons. The second kappa shape index (κ2) is 4.19. The summed E-state index contributed by atoms with van der Waals surface area (Å²) in [6, 6.07) is 4.14. The molecule has 2 heterocycles. The van der Waals surface area contributed by atoms with Gasteiger partial charge in [0.15, 0.2) is 0 Å². The number of aliphatic hydroxyl groups excluding tert-OH is 1. The minimum absolute atomic E-state index is 0.135. The van der Waals surface area contributed by atoms with Crippen LogP contribution in [-0.2, 0) is 0 Å². The highest BCUT2D eigenvalue weighted by atomic mass is 16.3. The van der Waals surface area contributed by atoms with Gasteiger partial charge in [0.05, 0.1) is 6.10 Å². The molecule has 1 N–H and O–H groups in total. The average Bonchev–Trinajstić information content (AvgIpc) is 2.22. The highest BCUT2D eigenvalue weighted by Crippen LogP contribution is 2.23. The number of nitrogens with zero attached hydrogens (tertiary/aromatic N) is 2. The lowest BCUT2D eigenvalue weighted by atomic mass is 9.96. The van der Waals surface area contributed by atoms with Crippen LogP contribution >= 0.6 is 0 Å². The molecule has 1 aliphatic rings. The Bertz CT molecular complexity index is 340. The molecule has 2 rings (SSSR count). The summed E-state index contributed by atoms with van der Waals surface area (Å²) in [4.78, 5) is 6.52. The number of hydrogen-bond donors (Lipinski definition) is 1. The third-order valence-electron chi connectivity index (χ3n) is 3.11. The number of pyridine rings is 1. The smallest absolute Gasteiger partial charge is 0.0599 e. The first-order valence-corrected chi connectivity index (χ1v) is 5.52. The van der Waals surface area contributed by atoms with Gasteiger partial charge in [-0.15, -0.1) is 0 Å². The molecule has 0 aromatic carbocycles. The maximum atomic E-state index is 9.66. The van der Waals surface area contributed by atoms with Crippen molar-refractivity contribution >= 4 is 5.69 Å². The number of aliphatic hydroxyl groups is 1. The molecule has 2 atom stereocenters. The Labute approximate surface area is 90.8 Å². The van der Waals surface area contributed by atoms with Gasteiger partial charge >= 0.3 is 0 Å². The number of anilines is 1. The van der Waals surface area contributed by atoms with Crippen molar-refractivity contribution in [1.29, 1.82) is 0 Å². The highest BCUT2D eigenvalue weighted by Gasteiger charge is 2.24. The minimum atomic E-state index is -0.135. The van der Waals surface area contributed by atoms with Crippen molar-refractivity contribution < 1.29 is 5.11 Å². The lowest BCUT2D eigenvalue weighted by Gasteiger charge is -2.36. The number of rotatable bonds is 1. The quantitative estimate of drug-likeness (QED) is 0.758. The molecule has 0 aliphatic carbocycles. The highest BCUT2D eigenvalue weighted by molar-refractivity contribution is 5.46. The Kier molecular flexibility index (Phi) is 2.91. The average molecular weight is 206 g/mol. The van der Waals surface area contributed by atoms with Crippen LogP contribution in [0, 0.1) is 12.8 Å². The zero-order valence-electron chi connectivity index (χ0n) is 9.35. The molecule has 3 nitrogen and oxygen atoms in total. The van der Waals surface area contributed by atoms with Gasteiger partial charge in [-0.2, -0.15) is 0 Å². The summed E-state index contributed by atoms with van der Waals surface area (Å²) < 4.78 is 0. The molecule has 0 saturated carbocycles. The molecule has 1 aromatic heterocycles. The van der Waals surface area contributed by atoms with Crippen molar-refractivity contribution in [2.24, 2.45) is 5.92 Å². The Morgan fingerprint density at radius 2 is 2.33 bits per heavy atom. The number of aryl methyl sites for hydroxylation is 1. The Hall–Kier alpha value is -1.09. The van der Waals surface area contributed by atoms with Gasteiger partial charge in [-0.3, -0.25) is 4.98 Å². The van der Waals surface area contributed by atoms with E-state index in [1.807, 2.05) is 19.2 Å². The van der Waals surface area contributed by atoms with E-state index in [1.54, 1.807) is 0 Å². The van der Waals surface area contributed by atoms with E-state index in [-0.39, 0.29) is 6.10 Å². The SMILES string of the molecule is Cc1cc(N2CCC(O)C(C)C2)ccn1. The lowest BCUT2D eigenvalue weighted by molar-refractivity contribution is 0.0971. The molecule has 15 heavy (non-hydrogen) atoms. The van der Waals surface area contributed by atoms with E-state index in [1.165, 1.54) is 5.69 Å². The number of piperidine rings is 1. The van der Waals surface area contributed by atoms with Crippen LogP contribution in [-0.4, -0.2) is 29.3 Å². The minimum Gasteiger partial charge on any atom is -0.393 e. The Balaban J connectivity index is 2.12. The van der Waals surface area contributed by atoms with Gasteiger partial charge in [-0.1, -0.05) is 6.92 Å². The van der Waals surface area contributed by atoms with Gasteiger partial charge in [-0.25, -0.2) is 0 Å². The standard InChI is InChI=1S/C12H18N2O/c1-9-8-14(6-4-12(9)15)11-3-5-13-10(2)7-11/h3,5,7,9,12,15H,4,6,8H2,1-2H3. The molecule has 0 amide bonds. The van der Waals surface area contributed by atoms with E-state index in [0.717, 1.165) is 25.2 Å². The zero-order valence-corrected chi connectivity index (χ0v) is 9.35. The van der Waals surface area contributed by atoms with Gasteiger partial charge in [0.1, 0.15) is 0 Å². The molecular formula is C12H18N2O. The topological polar surface area (TPSA) is 36.4 Å². The fourth-order valence-corrected chi connectivity index (χ4v) is 2.10. The van der Waals surface area contributed by atoms with E-state index in [4.69, 9.17) is 0 Å². The van der Waals surface area contributed by atoms with Crippen LogP contribution in [0.4, 0.5) is 5.69 Å². The summed E-state index contributed by atoms with van der Waals surface area (Å²) in [5, 5.41) is 9.66. The molecule has 0 bridgehead atoms. The van der Waals surface area contributed by atoms with Crippen LogP contribution in [0.15, 0.2) is 18.3 Å². The normalized spacial score (nSPS) is 26.7. The lowest BCUT2D eigenvalue weighted by Crippen LogP contribution is -2.41. The maximum Gasteiger partial charge on any atom is 0.0599 e. The largest absolute Gasteiger partial charge is 0.393 e. The summed E-state index contributed by atoms with van der Waals surface area (Å²) in [6.07, 6.45) is 2.58. The van der Waals surface area contributed by atoms with Gasteiger partial charge in [0.2, 0.25) is 0 Å². The number of hydrogen-bond acceptors (Lipinski definition) is 3. The van der Waals surface area contributed by atoms with Gasteiger partial charge in [0.25, 0.3) is 0 Å². The third kappa shape index (κ3) is 2.29. The molecule has 1 aromatic rings. The molecule has 2 unspecified atom stereocenters. The van der Waals surface area contributed by atoms with Crippen LogP contribution in [0.3, 0.4) is 0 Å². The van der Waals surface area contributed by atoms with Gasteiger partial charge in [-0.05, 0) is 31.4 Å². The van der Waals surface area contributed by atoms with Crippen LogP contribution in [0.5, 0.6) is 0 Å². The summed E-state index contributed by atoms with van der Waals surface area (Å²) >= 11 is 0. The fourth-order valence-electron chi connectivity index (χ4n) is 2.10. The first-order chi connectivity index (χ1) is 7.16. The molecule has 1 saturated heterocycles. The van der Waals surface area contributed by atoms with Gasteiger partial charge in [0, 0.05) is 30.7 Å². The monoisotopic (exact) mass is 206 g/mol. The third-order valence-corrected chi connectivity index (χ3v) is 3.11. The first kappa shape index (κ1) is 10.4. The van der Waals surface area contributed by atoms with Crippen molar-refractivity contribution in [3.05, 3.63) is 24.0 Å². The van der Waals surface area contributed by atoms with E-state index in [2.05, 4.69) is 22.9 Å². The molecule has 0 spiro atoms. The van der Waals surface area contributed by atoms with E-state index >= 15 is 0 Å². The second-order valence-electron chi connectivity index (χ2n) is 4.43. The van der Waals surface area contributed by atoms with Crippen LogP contribution < -0.4 is 4.90 Å².